The first-order valence-electron chi connectivity index (χ1n) is 8.64. The lowest BCUT2D eigenvalue weighted by Gasteiger charge is -2.61. The molecule has 0 aromatic heterocycles. The van der Waals surface area contributed by atoms with Crippen molar-refractivity contribution in [2.24, 2.45) is 11.8 Å². The molecule has 22 heavy (non-hydrogen) atoms. The maximum absolute atomic E-state index is 12.5. The van der Waals surface area contributed by atoms with Gasteiger partial charge in [0.15, 0.2) is 0 Å². The largest absolute Gasteiger partial charge is 0.303 e. The Labute approximate surface area is 138 Å². The van der Waals surface area contributed by atoms with Crippen molar-refractivity contribution in [3.63, 3.8) is 0 Å². The van der Waals surface area contributed by atoms with Gasteiger partial charge in [0.1, 0.15) is 0 Å². The minimum Gasteiger partial charge on any atom is -0.303 e. The first-order chi connectivity index (χ1) is 10.5. The summed E-state index contributed by atoms with van der Waals surface area (Å²) in [6, 6.07) is 0. The molecular formula is C17H25N3OS. The number of amides is 1. The van der Waals surface area contributed by atoms with Gasteiger partial charge in [0.25, 0.3) is 0 Å². The average molecular weight is 319 g/mol. The van der Waals surface area contributed by atoms with Gasteiger partial charge in [0.2, 0.25) is 5.91 Å². The SMILES string of the molecule is [C-]#[N+][C@@H]1CCCN1C(=O)CNC12CC3CC(CC(S)(C3)C1)C2. The summed E-state index contributed by atoms with van der Waals surface area (Å²) >= 11 is 4.99. The van der Waals surface area contributed by atoms with Crippen LogP contribution in [0, 0.1) is 18.4 Å². The van der Waals surface area contributed by atoms with Gasteiger partial charge >= 0.3 is 6.17 Å². The fourth-order valence-electron chi connectivity index (χ4n) is 5.96. The van der Waals surface area contributed by atoms with Crippen molar-refractivity contribution < 1.29 is 4.79 Å². The molecule has 2 unspecified atom stereocenters. The molecule has 3 atom stereocenters. The highest BCUT2D eigenvalue weighted by Crippen LogP contribution is 2.59. The Morgan fingerprint density at radius 2 is 2.05 bits per heavy atom. The molecule has 0 aromatic rings. The van der Waals surface area contributed by atoms with Crippen LogP contribution >= 0.6 is 12.6 Å². The molecule has 5 aliphatic rings. The molecule has 4 nitrogen and oxygen atoms in total. The lowest BCUT2D eigenvalue weighted by atomic mass is 9.52. The first kappa shape index (κ1) is 14.8. The summed E-state index contributed by atoms with van der Waals surface area (Å²) < 4.78 is 0.201. The molecule has 120 valence electrons. The van der Waals surface area contributed by atoms with E-state index in [2.05, 4.69) is 10.2 Å². The summed E-state index contributed by atoms with van der Waals surface area (Å²) in [6.07, 6.45) is 9.00. The molecule has 1 aliphatic heterocycles. The van der Waals surface area contributed by atoms with Crippen LogP contribution in [0.1, 0.15) is 51.4 Å². The Morgan fingerprint density at radius 1 is 1.32 bits per heavy atom. The first-order valence-corrected chi connectivity index (χ1v) is 9.09. The van der Waals surface area contributed by atoms with E-state index in [0.717, 1.165) is 37.6 Å². The standard InChI is InChI=1S/C17H25N3OS/c1-18-14-3-2-4-20(14)15(21)10-19-16-6-12-5-13(7-16)9-17(22,8-12)11-16/h12-14,19,22H,2-11H2/t12?,13?,14-,16?,17?/m0/s1. The molecule has 1 N–H and O–H groups in total. The molecule has 5 heteroatoms. The molecule has 4 aliphatic carbocycles. The van der Waals surface area contributed by atoms with Crippen LogP contribution < -0.4 is 5.32 Å². The summed E-state index contributed by atoms with van der Waals surface area (Å²) in [6.45, 7) is 8.37. The number of carbonyl (C=O) groups is 1. The van der Waals surface area contributed by atoms with E-state index in [4.69, 9.17) is 19.2 Å². The van der Waals surface area contributed by atoms with Crippen molar-refractivity contribution in [1.82, 2.24) is 10.2 Å². The topological polar surface area (TPSA) is 36.7 Å². The summed E-state index contributed by atoms with van der Waals surface area (Å²) in [7, 11) is 0. The van der Waals surface area contributed by atoms with Gasteiger partial charge < -0.3 is 5.32 Å². The minimum atomic E-state index is -0.220. The van der Waals surface area contributed by atoms with Crippen LogP contribution in [0.5, 0.6) is 0 Å². The van der Waals surface area contributed by atoms with E-state index < -0.39 is 0 Å². The van der Waals surface area contributed by atoms with Gasteiger partial charge in [-0.2, -0.15) is 12.6 Å². The fourth-order valence-corrected chi connectivity index (χ4v) is 6.78. The predicted octanol–water partition coefficient (Wildman–Crippen LogP) is 2.46. The van der Waals surface area contributed by atoms with Crippen molar-refractivity contribution in [3.05, 3.63) is 11.4 Å². The number of nitrogens with zero attached hydrogens (tertiary/aromatic N) is 2. The highest BCUT2D eigenvalue weighted by atomic mass is 32.1. The Balaban J connectivity index is 1.41. The van der Waals surface area contributed by atoms with Crippen LogP contribution in [0.3, 0.4) is 0 Å². The lowest BCUT2D eigenvalue weighted by molar-refractivity contribution is -0.131. The van der Waals surface area contributed by atoms with E-state index in [9.17, 15) is 4.79 Å². The number of thiol groups is 1. The number of nitrogens with one attached hydrogen (secondary N) is 1. The fraction of sp³-hybridized carbons (Fsp3) is 0.882. The zero-order valence-corrected chi connectivity index (χ0v) is 13.9. The molecular weight excluding hydrogens is 294 g/mol. The van der Waals surface area contributed by atoms with E-state index in [1.165, 1.54) is 32.1 Å². The third-order valence-corrected chi connectivity index (χ3v) is 6.86. The quantitative estimate of drug-likeness (QED) is 0.619. The van der Waals surface area contributed by atoms with Gasteiger partial charge in [-0.1, -0.05) is 0 Å². The van der Waals surface area contributed by atoms with Crippen LogP contribution in [0.25, 0.3) is 4.85 Å². The second kappa shape index (κ2) is 5.14. The number of likely N-dealkylation sites (tertiary alicyclic amines) is 1. The molecule has 1 amide bonds. The molecule has 4 bridgehead atoms. The van der Waals surface area contributed by atoms with E-state index >= 15 is 0 Å². The smallest absolute Gasteiger partial charge is 0.300 e. The molecule has 0 aromatic carbocycles. The highest BCUT2D eigenvalue weighted by Gasteiger charge is 2.56. The minimum absolute atomic E-state index is 0.113. The van der Waals surface area contributed by atoms with Gasteiger partial charge in [-0.3, -0.25) is 14.5 Å². The van der Waals surface area contributed by atoms with Crippen molar-refractivity contribution in [3.8, 4) is 0 Å². The monoisotopic (exact) mass is 319 g/mol. The number of carbonyl (C=O) groups excluding carboxylic acids is 1. The van der Waals surface area contributed by atoms with Crippen molar-refractivity contribution in [2.75, 3.05) is 13.1 Å². The van der Waals surface area contributed by atoms with E-state index in [1.54, 1.807) is 4.90 Å². The van der Waals surface area contributed by atoms with Gasteiger partial charge in [0, 0.05) is 23.3 Å². The van der Waals surface area contributed by atoms with E-state index in [1.807, 2.05) is 0 Å². The van der Waals surface area contributed by atoms with Gasteiger partial charge in [-0.05, 0) is 56.8 Å². The molecule has 1 saturated heterocycles. The molecule has 0 radical (unpaired) electrons. The maximum atomic E-state index is 12.5. The normalized spacial score (nSPS) is 46.0. The number of hydrogen-bond acceptors (Lipinski definition) is 3. The van der Waals surface area contributed by atoms with Crippen LogP contribution in [0.15, 0.2) is 0 Å². The number of rotatable bonds is 3. The van der Waals surface area contributed by atoms with Crippen molar-refractivity contribution in [2.45, 2.75) is 67.8 Å². The predicted molar refractivity (Wildman–Crippen MR) is 88.5 cm³/mol. The second-order valence-corrected chi connectivity index (χ2v) is 9.11. The Hall–Kier alpha value is -0.730. The van der Waals surface area contributed by atoms with Crippen LogP contribution in [0.2, 0.25) is 0 Å². The third-order valence-electron chi connectivity index (χ3n) is 6.34. The molecule has 5 rings (SSSR count). The zero-order valence-electron chi connectivity index (χ0n) is 13.1. The lowest BCUT2D eigenvalue weighted by Crippen LogP contribution is -2.64. The van der Waals surface area contributed by atoms with Gasteiger partial charge in [-0.15, -0.1) is 0 Å². The van der Waals surface area contributed by atoms with Gasteiger partial charge in [0.05, 0.1) is 6.54 Å². The van der Waals surface area contributed by atoms with E-state index in [-0.39, 0.29) is 22.4 Å². The Kier molecular flexibility index (Phi) is 3.47. The second-order valence-electron chi connectivity index (χ2n) is 8.16. The molecule has 4 saturated carbocycles. The highest BCUT2D eigenvalue weighted by molar-refractivity contribution is 7.81. The number of hydrogen-bond donors (Lipinski definition) is 2. The zero-order chi connectivity index (χ0) is 15.4. The van der Waals surface area contributed by atoms with Crippen LogP contribution in [-0.2, 0) is 4.79 Å². The summed E-state index contributed by atoms with van der Waals surface area (Å²) in [5.41, 5.74) is 0.134. The summed E-state index contributed by atoms with van der Waals surface area (Å²) in [4.78, 5) is 17.9. The Morgan fingerprint density at radius 3 is 2.68 bits per heavy atom. The van der Waals surface area contributed by atoms with Gasteiger partial charge in [-0.25, -0.2) is 6.57 Å². The molecule has 5 fully saturated rings. The van der Waals surface area contributed by atoms with Crippen LogP contribution in [-0.4, -0.2) is 40.3 Å². The van der Waals surface area contributed by atoms with Crippen molar-refractivity contribution in [1.29, 1.82) is 0 Å². The average Bonchev–Trinajstić information content (AvgIpc) is 2.90. The van der Waals surface area contributed by atoms with Crippen molar-refractivity contribution >= 4 is 18.5 Å². The molecule has 0 spiro atoms. The van der Waals surface area contributed by atoms with Crippen LogP contribution in [0.4, 0.5) is 0 Å². The molecule has 1 heterocycles. The Bertz CT molecular complexity index is 514. The third kappa shape index (κ3) is 2.45. The summed E-state index contributed by atoms with van der Waals surface area (Å²) in [5.74, 6) is 1.70. The van der Waals surface area contributed by atoms with E-state index in [0.29, 0.717) is 6.54 Å². The maximum Gasteiger partial charge on any atom is 0.300 e. The summed E-state index contributed by atoms with van der Waals surface area (Å²) in [5, 5.41) is 3.63.